The summed E-state index contributed by atoms with van der Waals surface area (Å²) in [5, 5.41) is 14.3. The van der Waals surface area contributed by atoms with Crippen molar-refractivity contribution >= 4 is 0 Å². The SMILES string of the molecule is c1cc(CN2CCCNCCCNCCC2)cc(CN2CCCNCCCNCCC2)c1. The Morgan fingerprint density at radius 2 is 0.844 bits per heavy atom. The van der Waals surface area contributed by atoms with Crippen LogP contribution in [0.3, 0.4) is 0 Å². The zero-order chi connectivity index (χ0) is 22.1. The molecule has 6 nitrogen and oxygen atoms in total. The minimum atomic E-state index is 1.07. The van der Waals surface area contributed by atoms with Crippen molar-refractivity contribution in [3.8, 4) is 0 Å². The monoisotopic (exact) mass is 444 g/mol. The molecular weight excluding hydrogens is 396 g/mol. The van der Waals surface area contributed by atoms with E-state index in [1.54, 1.807) is 0 Å². The van der Waals surface area contributed by atoms with E-state index in [2.05, 4.69) is 55.3 Å². The summed E-state index contributed by atoms with van der Waals surface area (Å²) in [7, 11) is 0. The number of rotatable bonds is 4. The van der Waals surface area contributed by atoms with Crippen LogP contribution in [0.4, 0.5) is 0 Å². The van der Waals surface area contributed by atoms with Gasteiger partial charge in [0.05, 0.1) is 0 Å². The molecule has 182 valence electrons. The molecule has 1 aromatic carbocycles. The van der Waals surface area contributed by atoms with Crippen molar-refractivity contribution in [2.45, 2.75) is 51.6 Å². The summed E-state index contributed by atoms with van der Waals surface area (Å²) in [6.07, 6.45) is 7.43. The molecular formula is C26H48N6. The first kappa shape index (κ1) is 25.6. The normalized spacial score (nSPS) is 22.8. The van der Waals surface area contributed by atoms with E-state index >= 15 is 0 Å². The first-order valence-corrected chi connectivity index (χ1v) is 13.3. The molecule has 6 heteroatoms. The van der Waals surface area contributed by atoms with Gasteiger partial charge in [0.15, 0.2) is 0 Å². The topological polar surface area (TPSA) is 54.6 Å². The Bertz CT molecular complexity index is 524. The van der Waals surface area contributed by atoms with E-state index in [1.165, 1.54) is 75.8 Å². The van der Waals surface area contributed by atoms with Gasteiger partial charge in [0.2, 0.25) is 0 Å². The van der Waals surface area contributed by atoms with Crippen molar-refractivity contribution in [2.75, 3.05) is 78.5 Å². The lowest BCUT2D eigenvalue weighted by Crippen LogP contribution is -2.33. The van der Waals surface area contributed by atoms with E-state index in [1.807, 2.05) is 0 Å². The lowest BCUT2D eigenvalue weighted by Gasteiger charge is -2.25. The van der Waals surface area contributed by atoms with Gasteiger partial charge in [0, 0.05) is 13.1 Å². The molecule has 0 radical (unpaired) electrons. The summed E-state index contributed by atoms with van der Waals surface area (Å²) < 4.78 is 0. The summed E-state index contributed by atoms with van der Waals surface area (Å²) >= 11 is 0. The molecule has 32 heavy (non-hydrogen) atoms. The van der Waals surface area contributed by atoms with Gasteiger partial charge in [0.25, 0.3) is 0 Å². The molecule has 1 aromatic rings. The van der Waals surface area contributed by atoms with Crippen LogP contribution in [-0.4, -0.2) is 88.3 Å². The molecule has 2 aliphatic rings. The first-order chi connectivity index (χ1) is 15.9. The number of hydrogen-bond donors (Lipinski definition) is 4. The van der Waals surface area contributed by atoms with Crippen LogP contribution in [0.25, 0.3) is 0 Å². The Morgan fingerprint density at radius 3 is 1.22 bits per heavy atom. The van der Waals surface area contributed by atoms with E-state index in [0.717, 1.165) is 65.4 Å². The van der Waals surface area contributed by atoms with Crippen LogP contribution in [-0.2, 0) is 13.1 Å². The molecule has 4 N–H and O–H groups in total. The highest BCUT2D eigenvalue weighted by Gasteiger charge is 2.10. The molecule has 0 amide bonds. The zero-order valence-electron chi connectivity index (χ0n) is 20.3. The molecule has 3 rings (SSSR count). The highest BCUT2D eigenvalue weighted by atomic mass is 15.1. The fourth-order valence-electron chi connectivity index (χ4n) is 4.77. The maximum Gasteiger partial charge on any atom is 0.0233 e. The first-order valence-electron chi connectivity index (χ1n) is 13.3. The molecule has 2 aliphatic heterocycles. The molecule has 2 fully saturated rings. The second-order valence-electron chi connectivity index (χ2n) is 9.49. The molecule has 0 bridgehead atoms. The molecule has 0 saturated carbocycles. The molecule has 2 heterocycles. The summed E-state index contributed by atoms with van der Waals surface area (Å²) in [4.78, 5) is 5.30. The number of benzene rings is 1. The fourth-order valence-corrected chi connectivity index (χ4v) is 4.77. The maximum absolute atomic E-state index is 3.59. The van der Waals surface area contributed by atoms with E-state index < -0.39 is 0 Å². The minimum absolute atomic E-state index is 1.07. The quantitative estimate of drug-likeness (QED) is 0.570. The van der Waals surface area contributed by atoms with Crippen LogP contribution >= 0.6 is 0 Å². The van der Waals surface area contributed by atoms with Gasteiger partial charge >= 0.3 is 0 Å². The van der Waals surface area contributed by atoms with Crippen molar-refractivity contribution in [3.63, 3.8) is 0 Å². The van der Waals surface area contributed by atoms with E-state index in [0.29, 0.717) is 0 Å². The van der Waals surface area contributed by atoms with Crippen LogP contribution in [0.15, 0.2) is 24.3 Å². The van der Waals surface area contributed by atoms with Crippen LogP contribution in [0, 0.1) is 0 Å². The maximum atomic E-state index is 3.59. The predicted molar refractivity (Wildman–Crippen MR) is 136 cm³/mol. The van der Waals surface area contributed by atoms with Crippen molar-refractivity contribution in [1.29, 1.82) is 0 Å². The summed E-state index contributed by atoms with van der Waals surface area (Å²) in [5.41, 5.74) is 2.93. The molecule has 0 aromatic heterocycles. The Balaban J connectivity index is 1.51. The van der Waals surface area contributed by atoms with Gasteiger partial charge in [0.1, 0.15) is 0 Å². The largest absolute Gasteiger partial charge is 0.317 e. The third-order valence-corrected chi connectivity index (χ3v) is 6.53. The Morgan fingerprint density at radius 1 is 0.500 bits per heavy atom. The molecule has 0 unspecified atom stereocenters. The standard InChI is InChI=1S/C26H48N6/c1-8-25(23-31-18-4-14-27-10-2-11-28-15-5-19-31)22-26(9-1)24-32-20-6-16-29-12-3-13-30-17-7-21-32/h1,8-9,22,27-30H,2-7,10-21,23-24H2. The number of nitrogens with zero attached hydrogens (tertiary/aromatic N) is 2. The molecule has 0 aliphatic carbocycles. The molecule has 2 saturated heterocycles. The number of nitrogens with one attached hydrogen (secondary N) is 4. The minimum Gasteiger partial charge on any atom is -0.317 e. The predicted octanol–water partition coefficient (Wildman–Crippen LogP) is 2.02. The van der Waals surface area contributed by atoms with E-state index in [4.69, 9.17) is 0 Å². The number of hydrogen-bond acceptors (Lipinski definition) is 6. The van der Waals surface area contributed by atoms with Crippen LogP contribution < -0.4 is 21.3 Å². The molecule has 0 atom stereocenters. The highest BCUT2D eigenvalue weighted by molar-refractivity contribution is 5.23. The third-order valence-electron chi connectivity index (χ3n) is 6.53. The fraction of sp³-hybridized carbons (Fsp3) is 0.769. The average Bonchev–Trinajstić information content (AvgIpc) is 2.78. The van der Waals surface area contributed by atoms with Gasteiger partial charge in [-0.15, -0.1) is 0 Å². The van der Waals surface area contributed by atoms with Gasteiger partial charge in [-0.05, 0) is 128 Å². The van der Waals surface area contributed by atoms with Crippen molar-refractivity contribution in [1.82, 2.24) is 31.1 Å². The summed E-state index contributed by atoms with van der Waals surface area (Å²) in [6.45, 7) is 16.0. The lowest BCUT2D eigenvalue weighted by molar-refractivity contribution is 0.251. The van der Waals surface area contributed by atoms with Crippen molar-refractivity contribution in [3.05, 3.63) is 35.4 Å². The van der Waals surface area contributed by atoms with Crippen LogP contribution in [0.2, 0.25) is 0 Å². The Kier molecular flexibility index (Phi) is 13.3. The van der Waals surface area contributed by atoms with E-state index in [9.17, 15) is 0 Å². The second-order valence-corrected chi connectivity index (χ2v) is 9.49. The Hall–Kier alpha value is -1.02. The summed E-state index contributed by atoms with van der Waals surface area (Å²) in [5.74, 6) is 0. The Labute approximate surface area is 196 Å². The van der Waals surface area contributed by atoms with Gasteiger partial charge in [-0.3, -0.25) is 9.80 Å². The lowest BCUT2D eigenvalue weighted by atomic mass is 10.1. The van der Waals surface area contributed by atoms with Crippen molar-refractivity contribution < 1.29 is 0 Å². The van der Waals surface area contributed by atoms with Gasteiger partial charge < -0.3 is 21.3 Å². The van der Waals surface area contributed by atoms with E-state index in [-0.39, 0.29) is 0 Å². The van der Waals surface area contributed by atoms with Gasteiger partial charge in [-0.1, -0.05) is 24.3 Å². The van der Waals surface area contributed by atoms with Crippen molar-refractivity contribution in [2.24, 2.45) is 0 Å². The van der Waals surface area contributed by atoms with Crippen LogP contribution in [0.5, 0.6) is 0 Å². The zero-order valence-corrected chi connectivity index (χ0v) is 20.3. The average molecular weight is 445 g/mol. The smallest absolute Gasteiger partial charge is 0.0233 e. The highest BCUT2D eigenvalue weighted by Crippen LogP contribution is 2.12. The second kappa shape index (κ2) is 16.6. The molecule has 0 spiro atoms. The third kappa shape index (κ3) is 11.2. The van der Waals surface area contributed by atoms with Gasteiger partial charge in [-0.2, -0.15) is 0 Å². The van der Waals surface area contributed by atoms with Gasteiger partial charge in [-0.25, -0.2) is 0 Å². The van der Waals surface area contributed by atoms with Crippen LogP contribution in [0.1, 0.15) is 49.7 Å². The summed E-state index contributed by atoms with van der Waals surface area (Å²) in [6, 6.07) is 9.36.